The number of alkyl halides is 2. The van der Waals surface area contributed by atoms with Crippen LogP contribution in [-0.2, 0) is 4.74 Å². The molecule has 1 saturated carbocycles. The highest BCUT2D eigenvalue weighted by Crippen LogP contribution is 2.46. The molecule has 1 aliphatic carbocycles. The van der Waals surface area contributed by atoms with Crippen molar-refractivity contribution in [1.29, 1.82) is 0 Å². The van der Waals surface area contributed by atoms with Gasteiger partial charge in [-0.2, -0.15) is 8.78 Å². The van der Waals surface area contributed by atoms with Crippen LogP contribution in [0.4, 0.5) is 20.4 Å². The first kappa shape index (κ1) is 23.0. The predicted octanol–water partition coefficient (Wildman–Crippen LogP) is 6.56. The number of halogens is 2. The molecule has 0 aliphatic heterocycles. The molecule has 8 heteroatoms. The molecule has 1 aromatic heterocycles. The Kier molecular flexibility index (Phi) is 6.28. The van der Waals surface area contributed by atoms with Crippen LogP contribution in [0.2, 0.25) is 0 Å². The summed E-state index contributed by atoms with van der Waals surface area (Å²) in [6.45, 7) is 3.99. The van der Waals surface area contributed by atoms with Crippen LogP contribution in [0, 0.1) is 11.3 Å². The van der Waals surface area contributed by atoms with E-state index < -0.39 is 12.6 Å². The molecule has 3 aromatic rings. The minimum absolute atomic E-state index is 0.0922. The van der Waals surface area contributed by atoms with E-state index in [0.717, 1.165) is 24.8 Å². The second kappa shape index (κ2) is 9.00. The number of ether oxygens (including phenoxy) is 2. The second-order valence-corrected chi connectivity index (χ2v) is 9.60. The summed E-state index contributed by atoms with van der Waals surface area (Å²) in [5.41, 5.74) is 2.94. The Morgan fingerprint density at radius 3 is 2.55 bits per heavy atom. The molecule has 0 saturated heterocycles. The Hall–Kier alpha value is -3.16. The number of imidazole rings is 1. The van der Waals surface area contributed by atoms with Crippen LogP contribution in [-0.4, -0.2) is 29.2 Å². The standard InChI is InChI=1S/C25H29F2N3O3/c1-15-11-18(14-25(2,3)13-15)30-21-10-5-16(22(31)32-4)12-20(21)29-24(30)28-17-6-8-19(9-7-17)33-23(26)27/h5-10,12,15,18,23H,11,13-14H2,1-4H3,(H,28,29)/t15-,18?/m0/s1. The zero-order valence-electron chi connectivity index (χ0n) is 19.3. The van der Waals surface area contributed by atoms with Crippen molar-refractivity contribution < 1.29 is 23.0 Å². The fourth-order valence-electron chi connectivity index (χ4n) is 5.14. The van der Waals surface area contributed by atoms with Crippen molar-refractivity contribution in [3.63, 3.8) is 0 Å². The average molecular weight is 458 g/mol. The highest BCUT2D eigenvalue weighted by atomic mass is 19.3. The number of esters is 1. The molecule has 0 spiro atoms. The number of methoxy groups -OCH3 is 1. The number of anilines is 2. The van der Waals surface area contributed by atoms with Gasteiger partial charge in [0.2, 0.25) is 5.95 Å². The summed E-state index contributed by atoms with van der Waals surface area (Å²) >= 11 is 0. The summed E-state index contributed by atoms with van der Waals surface area (Å²) in [5, 5.41) is 3.34. The first-order valence-electron chi connectivity index (χ1n) is 11.1. The molecule has 0 amide bonds. The van der Waals surface area contributed by atoms with Crippen LogP contribution in [0.3, 0.4) is 0 Å². The van der Waals surface area contributed by atoms with Crippen molar-refractivity contribution in [2.75, 3.05) is 12.4 Å². The van der Waals surface area contributed by atoms with E-state index in [1.54, 1.807) is 24.3 Å². The molecule has 6 nitrogen and oxygen atoms in total. The quantitative estimate of drug-likeness (QED) is 0.425. The summed E-state index contributed by atoms with van der Waals surface area (Å²) in [4.78, 5) is 16.8. The summed E-state index contributed by atoms with van der Waals surface area (Å²) in [7, 11) is 1.35. The minimum Gasteiger partial charge on any atom is -0.465 e. The first-order valence-corrected chi connectivity index (χ1v) is 11.1. The Balaban J connectivity index is 1.75. The molecular weight excluding hydrogens is 428 g/mol. The van der Waals surface area contributed by atoms with Gasteiger partial charge in [0.05, 0.1) is 23.7 Å². The lowest BCUT2D eigenvalue weighted by molar-refractivity contribution is -0.0498. The number of carbonyl (C=O) groups excluding carboxylic acids is 1. The second-order valence-electron chi connectivity index (χ2n) is 9.60. The van der Waals surface area contributed by atoms with Crippen LogP contribution in [0.5, 0.6) is 5.75 Å². The molecule has 1 aliphatic rings. The van der Waals surface area contributed by atoms with Gasteiger partial charge in [-0.1, -0.05) is 20.8 Å². The van der Waals surface area contributed by atoms with E-state index in [9.17, 15) is 13.6 Å². The highest BCUT2D eigenvalue weighted by molar-refractivity contribution is 5.94. The Labute approximate surface area is 191 Å². The lowest BCUT2D eigenvalue weighted by Gasteiger charge is -2.40. The number of aromatic nitrogens is 2. The molecule has 1 fully saturated rings. The lowest BCUT2D eigenvalue weighted by Crippen LogP contribution is -2.29. The molecule has 176 valence electrons. The van der Waals surface area contributed by atoms with Crippen molar-refractivity contribution in [2.45, 2.75) is 52.7 Å². The van der Waals surface area contributed by atoms with Crippen molar-refractivity contribution in [2.24, 2.45) is 11.3 Å². The largest absolute Gasteiger partial charge is 0.465 e. The Morgan fingerprint density at radius 1 is 1.18 bits per heavy atom. The van der Waals surface area contributed by atoms with Crippen molar-refractivity contribution in [1.82, 2.24) is 9.55 Å². The highest BCUT2D eigenvalue weighted by Gasteiger charge is 2.34. The number of nitrogens with zero attached hydrogens (tertiary/aromatic N) is 2. The summed E-state index contributed by atoms with van der Waals surface area (Å²) < 4.78 is 36.4. The number of hydrogen-bond donors (Lipinski definition) is 1. The zero-order valence-corrected chi connectivity index (χ0v) is 19.3. The number of carbonyl (C=O) groups is 1. The maximum absolute atomic E-state index is 12.5. The van der Waals surface area contributed by atoms with E-state index in [4.69, 9.17) is 9.72 Å². The fraction of sp³-hybridized carbons (Fsp3) is 0.440. The van der Waals surface area contributed by atoms with E-state index in [0.29, 0.717) is 28.6 Å². The fourth-order valence-corrected chi connectivity index (χ4v) is 5.14. The van der Waals surface area contributed by atoms with Crippen LogP contribution in [0.1, 0.15) is 56.4 Å². The van der Waals surface area contributed by atoms with Crippen molar-refractivity contribution in [3.05, 3.63) is 48.0 Å². The molecule has 1 heterocycles. The van der Waals surface area contributed by atoms with E-state index in [1.165, 1.54) is 19.2 Å². The summed E-state index contributed by atoms with van der Waals surface area (Å²) in [6.07, 6.45) is 3.18. The molecule has 33 heavy (non-hydrogen) atoms. The molecule has 2 aromatic carbocycles. The third-order valence-electron chi connectivity index (χ3n) is 6.18. The van der Waals surface area contributed by atoms with E-state index in [1.807, 2.05) is 6.07 Å². The molecular formula is C25H29F2N3O3. The summed E-state index contributed by atoms with van der Waals surface area (Å²) in [6, 6.07) is 12.0. The number of benzene rings is 2. The van der Waals surface area contributed by atoms with Crippen LogP contribution in [0.25, 0.3) is 11.0 Å². The number of rotatable bonds is 6. The third-order valence-corrected chi connectivity index (χ3v) is 6.18. The predicted molar refractivity (Wildman–Crippen MR) is 123 cm³/mol. The maximum Gasteiger partial charge on any atom is 0.387 e. The maximum atomic E-state index is 12.5. The van der Waals surface area contributed by atoms with Crippen LogP contribution < -0.4 is 10.1 Å². The van der Waals surface area contributed by atoms with E-state index in [-0.39, 0.29) is 17.2 Å². The van der Waals surface area contributed by atoms with Gasteiger partial charge in [0.25, 0.3) is 0 Å². The number of hydrogen-bond acceptors (Lipinski definition) is 5. The molecule has 0 radical (unpaired) electrons. The van der Waals surface area contributed by atoms with Crippen molar-refractivity contribution >= 4 is 28.6 Å². The lowest BCUT2D eigenvalue weighted by atomic mass is 9.70. The van der Waals surface area contributed by atoms with Gasteiger partial charge >= 0.3 is 12.6 Å². The number of fused-ring (bicyclic) bond motifs is 1. The van der Waals surface area contributed by atoms with Gasteiger partial charge in [-0.25, -0.2) is 9.78 Å². The van der Waals surface area contributed by atoms with Gasteiger partial charge in [0.15, 0.2) is 0 Å². The molecule has 0 bridgehead atoms. The van der Waals surface area contributed by atoms with Gasteiger partial charge in [-0.3, -0.25) is 0 Å². The number of nitrogens with one attached hydrogen (secondary N) is 1. The Bertz CT molecular complexity index is 1140. The van der Waals surface area contributed by atoms with E-state index >= 15 is 0 Å². The molecule has 1 N–H and O–H groups in total. The van der Waals surface area contributed by atoms with E-state index in [2.05, 4.69) is 35.4 Å². The zero-order chi connectivity index (χ0) is 23.8. The average Bonchev–Trinajstić information content (AvgIpc) is 3.09. The monoisotopic (exact) mass is 457 g/mol. The van der Waals surface area contributed by atoms with Crippen LogP contribution in [0.15, 0.2) is 42.5 Å². The smallest absolute Gasteiger partial charge is 0.387 e. The van der Waals surface area contributed by atoms with Gasteiger partial charge in [-0.05, 0) is 73.1 Å². The first-order chi connectivity index (χ1) is 15.6. The third kappa shape index (κ3) is 5.10. The minimum atomic E-state index is -2.87. The van der Waals surface area contributed by atoms with Gasteiger partial charge in [-0.15, -0.1) is 0 Å². The van der Waals surface area contributed by atoms with Gasteiger partial charge in [0.1, 0.15) is 5.75 Å². The van der Waals surface area contributed by atoms with Crippen LogP contribution >= 0.6 is 0 Å². The van der Waals surface area contributed by atoms with Gasteiger partial charge in [0, 0.05) is 11.7 Å². The molecule has 1 unspecified atom stereocenters. The molecule has 4 rings (SSSR count). The topological polar surface area (TPSA) is 65.4 Å². The van der Waals surface area contributed by atoms with Gasteiger partial charge < -0.3 is 19.4 Å². The summed E-state index contributed by atoms with van der Waals surface area (Å²) in [5.74, 6) is 0.881. The SMILES string of the molecule is COC(=O)c1ccc2c(c1)nc(Nc1ccc(OC(F)F)cc1)n2C1C[C@H](C)CC(C)(C)C1. The Morgan fingerprint density at radius 2 is 1.91 bits per heavy atom. The van der Waals surface area contributed by atoms with Crippen molar-refractivity contribution in [3.8, 4) is 5.75 Å². The molecule has 2 atom stereocenters. The normalized spacial score (nSPS) is 20.1.